The van der Waals surface area contributed by atoms with Gasteiger partial charge in [0.2, 0.25) is 65.0 Å². The quantitative estimate of drug-likeness (QED) is 0.136. The Morgan fingerprint density at radius 1 is 0.424 bits per heavy atom. The average Bonchev–Trinajstić information content (AvgIpc) is 3.57. The molecule has 1 aliphatic rings. The minimum atomic E-state index is -1.50. The monoisotopic (exact) mass is 1200 g/mol. The summed E-state index contributed by atoms with van der Waals surface area (Å²) in [4.78, 5) is 181. The van der Waals surface area contributed by atoms with Gasteiger partial charge in [0.15, 0.2) is 0 Å². The second-order valence-corrected chi connectivity index (χ2v) is 25.7. The molecule has 85 heavy (non-hydrogen) atoms. The van der Waals surface area contributed by atoms with Crippen molar-refractivity contribution < 1.29 is 57.5 Å². The highest BCUT2D eigenvalue weighted by atomic mass is 16.2. The summed E-state index contributed by atoms with van der Waals surface area (Å²) in [6.45, 7) is 29.3. The minimum Gasteiger partial charge on any atom is -0.343 e. The molecule has 11 amide bonds. The lowest BCUT2D eigenvalue weighted by atomic mass is 9.93. The van der Waals surface area contributed by atoms with Crippen LogP contribution in [-0.4, -0.2) is 221 Å². The fourth-order valence-electron chi connectivity index (χ4n) is 10.8. The largest absolute Gasteiger partial charge is 0.343 e. The molecule has 0 radical (unpaired) electrons. The molecular weight excluding hydrogens is 1090 g/mol. The van der Waals surface area contributed by atoms with Crippen molar-refractivity contribution in [1.82, 2.24) is 55.6 Å². The van der Waals surface area contributed by atoms with E-state index in [1.165, 1.54) is 102 Å². The number of carbonyl (C=O) groups excluding carboxylic acids is 12. The van der Waals surface area contributed by atoms with E-state index in [0.717, 1.165) is 9.80 Å². The molecule has 0 saturated carbocycles. The van der Waals surface area contributed by atoms with E-state index in [9.17, 15) is 47.9 Å². The fourth-order valence-corrected chi connectivity index (χ4v) is 10.8. The number of allylic oxidation sites excluding steroid dienone is 2. The van der Waals surface area contributed by atoms with Crippen molar-refractivity contribution in [2.24, 2.45) is 41.4 Å². The van der Waals surface area contributed by atoms with Crippen molar-refractivity contribution in [2.45, 2.75) is 223 Å². The van der Waals surface area contributed by atoms with Crippen LogP contribution in [0.2, 0.25) is 0 Å². The Balaban J connectivity index is 4.33. The molecule has 1 saturated heterocycles. The van der Waals surface area contributed by atoms with Crippen molar-refractivity contribution in [3.8, 4) is 0 Å². The zero-order chi connectivity index (χ0) is 66.0. The number of hydrogen-bond donors (Lipinski definition) is 4. The number of nitrogens with zero attached hydrogens (tertiary/aromatic N) is 7. The van der Waals surface area contributed by atoms with Crippen molar-refractivity contribution in [2.75, 3.05) is 49.3 Å². The summed E-state index contributed by atoms with van der Waals surface area (Å²) in [5.74, 6) is -10.3. The van der Waals surface area contributed by atoms with E-state index in [1.807, 2.05) is 67.5 Å². The number of amides is 11. The van der Waals surface area contributed by atoms with Gasteiger partial charge in [0.25, 0.3) is 0 Å². The van der Waals surface area contributed by atoms with Crippen LogP contribution in [0.1, 0.15) is 156 Å². The van der Waals surface area contributed by atoms with Crippen molar-refractivity contribution in [1.29, 1.82) is 0 Å². The van der Waals surface area contributed by atoms with Gasteiger partial charge < -0.3 is 60.4 Å². The van der Waals surface area contributed by atoms with Crippen LogP contribution in [0.25, 0.3) is 0 Å². The van der Waals surface area contributed by atoms with Gasteiger partial charge in [0, 0.05) is 55.3 Å². The topological polar surface area (TPSA) is 276 Å². The number of likely N-dealkylation sites (N-methyl/N-ethyl adjacent to an activating group) is 7. The molecule has 1 fully saturated rings. The molecule has 1 heterocycles. The van der Waals surface area contributed by atoms with Gasteiger partial charge in [-0.25, -0.2) is 0 Å². The van der Waals surface area contributed by atoms with E-state index in [4.69, 9.17) is 0 Å². The van der Waals surface area contributed by atoms with Crippen LogP contribution in [0.4, 0.5) is 0 Å². The Bertz CT molecular complexity index is 2360. The number of aldehydes is 1. The molecule has 0 aromatic rings. The molecule has 2 unspecified atom stereocenters. The molecule has 1 aliphatic heterocycles. The third-order valence-corrected chi connectivity index (χ3v) is 16.3. The number of carbonyl (C=O) groups is 12. The normalized spacial score (nSPS) is 27.7. The van der Waals surface area contributed by atoms with Gasteiger partial charge in [-0.2, -0.15) is 0 Å². The minimum absolute atomic E-state index is 0.0561. The molecular formula is C62H109N11O12. The van der Waals surface area contributed by atoms with Crippen LogP contribution >= 0.6 is 0 Å². The second-order valence-electron chi connectivity index (χ2n) is 25.7. The van der Waals surface area contributed by atoms with Crippen molar-refractivity contribution >= 4 is 71.3 Å². The predicted molar refractivity (Wildman–Crippen MR) is 327 cm³/mol. The molecule has 23 nitrogen and oxygen atoms in total. The first-order valence-corrected chi connectivity index (χ1v) is 30.4. The molecule has 13 atom stereocenters. The first kappa shape index (κ1) is 76.6. The van der Waals surface area contributed by atoms with Crippen LogP contribution < -0.4 is 21.3 Å². The van der Waals surface area contributed by atoms with E-state index in [1.54, 1.807) is 34.6 Å². The molecule has 4 N–H and O–H groups in total. The molecule has 0 spiro atoms. The average molecular weight is 1200 g/mol. The molecule has 0 aliphatic carbocycles. The van der Waals surface area contributed by atoms with E-state index < -0.39 is 149 Å². The van der Waals surface area contributed by atoms with Crippen LogP contribution in [0, 0.1) is 41.4 Å². The second kappa shape index (κ2) is 34.7. The lowest BCUT2D eigenvalue weighted by Gasteiger charge is -2.41. The molecule has 484 valence electrons. The van der Waals surface area contributed by atoms with Crippen LogP contribution in [-0.2, 0) is 57.5 Å². The maximum absolute atomic E-state index is 15.1. The Kier molecular flexibility index (Phi) is 31.2. The van der Waals surface area contributed by atoms with Gasteiger partial charge in [0.05, 0.1) is 0 Å². The third kappa shape index (κ3) is 20.9. The van der Waals surface area contributed by atoms with Gasteiger partial charge in [-0.1, -0.05) is 102 Å². The smallest absolute Gasteiger partial charge is 0.246 e. The van der Waals surface area contributed by atoms with E-state index in [0.29, 0.717) is 12.7 Å². The summed E-state index contributed by atoms with van der Waals surface area (Å²) in [5, 5.41) is 10.9. The first-order valence-electron chi connectivity index (χ1n) is 30.4. The number of hydrogen-bond acceptors (Lipinski definition) is 12. The Labute approximate surface area is 508 Å². The lowest BCUT2D eigenvalue weighted by molar-refractivity contribution is -0.156. The SMILES string of the molecule is C/C=C/C[C@@H](C)C[C@H]1C(=O)N[C@@H](CC)C(=O)N(C)[C@H](C)C(=O)N(C)[C@@H]([C@H](C)C=O)C(=O)NC(C(C)C)C(=O)N(C)[C@@H](CC(C)C)C(=O)N[C@@H](C)C(=O)N[C@H](C)C(=O)N(C)[C@@H](CC(C)C)C(=O)N(C)[C@@H](CC(C)C)C(=O)N(C)C(C(C)C)C(=O)N1C. The number of rotatable bonds is 15. The van der Waals surface area contributed by atoms with Gasteiger partial charge in [-0.15, -0.1) is 0 Å². The van der Waals surface area contributed by atoms with E-state index in [2.05, 4.69) is 21.3 Å². The van der Waals surface area contributed by atoms with Gasteiger partial charge in [-0.3, -0.25) is 52.7 Å². The lowest BCUT2D eigenvalue weighted by Crippen LogP contribution is -2.62. The maximum atomic E-state index is 15.1. The van der Waals surface area contributed by atoms with Gasteiger partial charge in [0.1, 0.15) is 72.7 Å². The Hall–Kier alpha value is -6.42. The Morgan fingerprint density at radius 3 is 1.31 bits per heavy atom. The molecule has 1 rings (SSSR count). The van der Waals surface area contributed by atoms with Crippen molar-refractivity contribution in [3.05, 3.63) is 12.2 Å². The number of nitrogens with one attached hydrogen (secondary N) is 4. The van der Waals surface area contributed by atoms with Crippen LogP contribution in [0.5, 0.6) is 0 Å². The van der Waals surface area contributed by atoms with Gasteiger partial charge in [-0.05, 0) is 102 Å². The molecule has 0 bridgehead atoms. The Morgan fingerprint density at radius 2 is 0.847 bits per heavy atom. The maximum Gasteiger partial charge on any atom is 0.246 e. The zero-order valence-electron chi connectivity index (χ0n) is 55.9. The predicted octanol–water partition coefficient (Wildman–Crippen LogP) is 3.48. The fraction of sp³-hybridized carbons (Fsp3) is 0.774. The first-order chi connectivity index (χ1) is 39.3. The summed E-state index contributed by atoms with van der Waals surface area (Å²) in [5.41, 5.74) is 0. The molecule has 0 aromatic heterocycles. The van der Waals surface area contributed by atoms with Gasteiger partial charge >= 0.3 is 0 Å². The van der Waals surface area contributed by atoms with Crippen LogP contribution in [0.15, 0.2) is 12.2 Å². The standard InChI is InChI=1S/C62H109N11O12/c1-25-27-28-39(13)32-46-54(77)65-44(26-2)58(81)67(18)43(17)57(80)73(24)51(40(14)33-74)55(78)66-49(37(9)10)61(84)68(19)45(29-34(3)4)53(76)63-41(15)52(75)64-42(16)56(79)70(21)47(30-35(5)6)59(82)71(22)48(31-36(7)8)60(83)72(23)50(38(11)12)62(85)69(46)20/h25,27,33-51H,26,28-32H2,1-24H3,(H,63,76)(H,64,75)(H,65,77)(H,66,78)/b27-25+/t39-,40-,41+,42-,43-,44+,45+,46+,47+,48+,49?,50?,51+/m1/s1. The summed E-state index contributed by atoms with van der Waals surface area (Å²) >= 11 is 0. The molecule has 23 heteroatoms. The third-order valence-electron chi connectivity index (χ3n) is 16.3. The summed E-state index contributed by atoms with van der Waals surface area (Å²) in [6, 6.07) is -13.5. The van der Waals surface area contributed by atoms with Crippen LogP contribution in [0.3, 0.4) is 0 Å². The highest BCUT2D eigenvalue weighted by Crippen LogP contribution is 2.25. The van der Waals surface area contributed by atoms with Crippen molar-refractivity contribution in [3.63, 3.8) is 0 Å². The summed E-state index contributed by atoms with van der Waals surface area (Å²) in [6.07, 6.45) is 5.52. The summed E-state index contributed by atoms with van der Waals surface area (Å²) < 4.78 is 0. The highest BCUT2D eigenvalue weighted by Gasteiger charge is 2.45. The summed E-state index contributed by atoms with van der Waals surface area (Å²) in [7, 11) is 9.95. The van der Waals surface area contributed by atoms with E-state index >= 15 is 9.59 Å². The zero-order valence-corrected chi connectivity index (χ0v) is 55.9. The molecule has 0 aromatic carbocycles. The van der Waals surface area contributed by atoms with E-state index in [-0.39, 0.29) is 55.8 Å². The highest BCUT2D eigenvalue weighted by molar-refractivity contribution is 6.00.